The van der Waals surface area contributed by atoms with Gasteiger partial charge in [0.25, 0.3) is 0 Å². The van der Waals surface area contributed by atoms with Crippen LogP contribution in [0.25, 0.3) is 0 Å². The quantitative estimate of drug-likeness (QED) is 0.785. The summed E-state index contributed by atoms with van der Waals surface area (Å²) in [5.74, 6) is -0.528. The minimum Gasteiger partial charge on any atom is -0.481 e. The molecule has 1 fully saturated rings. The predicted octanol–water partition coefficient (Wildman–Crippen LogP) is 3.00. The van der Waals surface area contributed by atoms with E-state index in [9.17, 15) is 9.59 Å². The van der Waals surface area contributed by atoms with Crippen LogP contribution < -0.4 is 0 Å². The first-order valence-corrected chi connectivity index (χ1v) is 6.72. The van der Waals surface area contributed by atoms with Crippen LogP contribution in [0.1, 0.15) is 59.3 Å². The van der Waals surface area contributed by atoms with Crippen molar-refractivity contribution in [2.24, 2.45) is 11.8 Å². The fraction of sp³-hybridized carbons (Fsp3) is 0.857. The van der Waals surface area contributed by atoms with E-state index in [-0.39, 0.29) is 11.9 Å². The summed E-state index contributed by atoms with van der Waals surface area (Å²) in [5, 5.41) is 8.90. The molecule has 1 aliphatic carbocycles. The Bertz CT molecular complexity index is 295. The molecule has 104 valence electrons. The van der Waals surface area contributed by atoms with Crippen LogP contribution in [0.5, 0.6) is 0 Å². The molecule has 1 saturated carbocycles. The van der Waals surface area contributed by atoms with Crippen LogP contribution in [0.4, 0.5) is 0 Å². The van der Waals surface area contributed by atoms with Crippen molar-refractivity contribution in [3.05, 3.63) is 0 Å². The van der Waals surface area contributed by atoms with Crippen molar-refractivity contribution in [2.75, 3.05) is 0 Å². The molecule has 0 atom stereocenters. The van der Waals surface area contributed by atoms with E-state index >= 15 is 0 Å². The lowest BCUT2D eigenvalue weighted by Gasteiger charge is -2.26. The standard InChI is InChI=1S/C14H24O4/c1-14(2,3)18-12(15)9-6-10-4-7-11(8-5-10)13(16)17/h10-11H,4-9H2,1-3H3,(H,16,17)/t10-,11-. The van der Waals surface area contributed by atoms with Crippen LogP contribution in [0.2, 0.25) is 0 Å². The molecule has 0 spiro atoms. The molecule has 0 aromatic carbocycles. The maximum atomic E-state index is 11.6. The van der Waals surface area contributed by atoms with Gasteiger partial charge < -0.3 is 9.84 Å². The van der Waals surface area contributed by atoms with E-state index in [1.807, 2.05) is 20.8 Å². The van der Waals surface area contributed by atoms with Gasteiger partial charge in [0, 0.05) is 6.42 Å². The highest BCUT2D eigenvalue weighted by atomic mass is 16.6. The van der Waals surface area contributed by atoms with Gasteiger partial charge in [-0.05, 0) is 58.8 Å². The zero-order valence-corrected chi connectivity index (χ0v) is 11.6. The van der Waals surface area contributed by atoms with E-state index in [4.69, 9.17) is 9.84 Å². The summed E-state index contributed by atoms with van der Waals surface area (Å²) in [5.41, 5.74) is -0.419. The van der Waals surface area contributed by atoms with Crippen LogP contribution in [0.3, 0.4) is 0 Å². The highest BCUT2D eigenvalue weighted by Gasteiger charge is 2.26. The highest BCUT2D eigenvalue weighted by molar-refractivity contribution is 5.70. The lowest BCUT2D eigenvalue weighted by atomic mass is 9.80. The molecule has 1 N–H and O–H groups in total. The maximum absolute atomic E-state index is 11.6. The van der Waals surface area contributed by atoms with Crippen LogP contribution in [-0.4, -0.2) is 22.6 Å². The van der Waals surface area contributed by atoms with E-state index in [1.54, 1.807) is 0 Å². The number of hydrogen-bond acceptors (Lipinski definition) is 3. The van der Waals surface area contributed by atoms with Crippen LogP contribution in [-0.2, 0) is 14.3 Å². The SMILES string of the molecule is CC(C)(C)OC(=O)CC[C@H]1CC[C@H](C(=O)O)CC1. The molecular formula is C14H24O4. The number of esters is 1. The molecule has 0 unspecified atom stereocenters. The summed E-state index contributed by atoms with van der Waals surface area (Å²) >= 11 is 0. The molecule has 0 radical (unpaired) electrons. The van der Waals surface area contributed by atoms with Crippen molar-refractivity contribution in [3.8, 4) is 0 Å². The van der Waals surface area contributed by atoms with Crippen molar-refractivity contribution >= 4 is 11.9 Å². The van der Waals surface area contributed by atoms with Gasteiger partial charge in [0.05, 0.1) is 5.92 Å². The third kappa shape index (κ3) is 5.52. The summed E-state index contributed by atoms with van der Waals surface area (Å²) in [4.78, 5) is 22.4. The van der Waals surface area contributed by atoms with Gasteiger partial charge in [-0.25, -0.2) is 0 Å². The second-order valence-corrected chi connectivity index (χ2v) is 6.18. The van der Waals surface area contributed by atoms with E-state index in [0.717, 1.165) is 32.1 Å². The molecule has 1 aliphatic rings. The van der Waals surface area contributed by atoms with Crippen molar-refractivity contribution in [2.45, 2.75) is 64.9 Å². The third-order valence-electron chi connectivity index (χ3n) is 3.37. The smallest absolute Gasteiger partial charge is 0.306 e. The first kappa shape index (κ1) is 15.0. The van der Waals surface area contributed by atoms with Gasteiger partial charge in [0.1, 0.15) is 5.60 Å². The van der Waals surface area contributed by atoms with E-state index in [0.29, 0.717) is 12.3 Å². The summed E-state index contributed by atoms with van der Waals surface area (Å²) in [6.45, 7) is 5.59. The van der Waals surface area contributed by atoms with E-state index in [1.165, 1.54) is 0 Å². The van der Waals surface area contributed by atoms with Crippen molar-refractivity contribution in [1.29, 1.82) is 0 Å². The number of carbonyl (C=O) groups is 2. The summed E-state index contributed by atoms with van der Waals surface area (Å²) < 4.78 is 5.26. The summed E-state index contributed by atoms with van der Waals surface area (Å²) in [6, 6.07) is 0. The number of hydrogen-bond donors (Lipinski definition) is 1. The monoisotopic (exact) mass is 256 g/mol. The number of carbonyl (C=O) groups excluding carboxylic acids is 1. The molecule has 0 amide bonds. The van der Waals surface area contributed by atoms with Gasteiger partial charge in [-0.3, -0.25) is 9.59 Å². The molecule has 4 heteroatoms. The molecule has 18 heavy (non-hydrogen) atoms. The summed E-state index contributed by atoms with van der Waals surface area (Å²) in [7, 11) is 0. The van der Waals surface area contributed by atoms with Gasteiger partial charge >= 0.3 is 11.9 Å². The largest absolute Gasteiger partial charge is 0.481 e. The average molecular weight is 256 g/mol. The minimum atomic E-state index is -0.680. The van der Waals surface area contributed by atoms with E-state index in [2.05, 4.69) is 0 Å². The summed E-state index contributed by atoms with van der Waals surface area (Å²) in [6.07, 6.45) is 4.59. The van der Waals surface area contributed by atoms with Crippen LogP contribution >= 0.6 is 0 Å². The fourth-order valence-corrected chi connectivity index (χ4v) is 2.41. The molecule has 0 aliphatic heterocycles. The number of ether oxygens (including phenoxy) is 1. The number of carboxylic acid groups (broad SMARTS) is 1. The van der Waals surface area contributed by atoms with Crippen molar-refractivity contribution in [3.63, 3.8) is 0 Å². The fourth-order valence-electron chi connectivity index (χ4n) is 2.41. The van der Waals surface area contributed by atoms with E-state index < -0.39 is 11.6 Å². The van der Waals surface area contributed by atoms with Crippen molar-refractivity contribution < 1.29 is 19.4 Å². The minimum absolute atomic E-state index is 0.150. The second-order valence-electron chi connectivity index (χ2n) is 6.18. The molecule has 0 aromatic rings. The molecule has 1 rings (SSSR count). The Labute approximate surface area is 109 Å². The maximum Gasteiger partial charge on any atom is 0.306 e. The van der Waals surface area contributed by atoms with Gasteiger partial charge in [-0.1, -0.05) is 0 Å². The molecule has 0 aromatic heterocycles. The Morgan fingerprint density at radius 3 is 2.17 bits per heavy atom. The lowest BCUT2D eigenvalue weighted by Crippen LogP contribution is -2.25. The zero-order valence-electron chi connectivity index (χ0n) is 11.6. The topological polar surface area (TPSA) is 63.6 Å². The Kier molecular flexibility index (Phi) is 5.17. The first-order valence-electron chi connectivity index (χ1n) is 6.72. The normalized spacial score (nSPS) is 24.6. The highest BCUT2D eigenvalue weighted by Crippen LogP contribution is 2.31. The van der Waals surface area contributed by atoms with Gasteiger partial charge in [-0.2, -0.15) is 0 Å². The lowest BCUT2D eigenvalue weighted by molar-refractivity contribution is -0.155. The number of rotatable bonds is 4. The Hall–Kier alpha value is -1.06. The second kappa shape index (κ2) is 6.21. The van der Waals surface area contributed by atoms with Gasteiger partial charge in [0.15, 0.2) is 0 Å². The Morgan fingerprint density at radius 1 is 1.17 bits per heavy atom. The first-order chi connectivity index (χ1) is 8.28. The molecular weight excluding hydrogens is 232 g/mol. The van der Waals surface area contributed by atoms with Crippen LogP contribution in [0, 0.1) is 11.8 Å². The zero-order chi connectivity index (χ0) is 13.8. The molecule has 0 bridgehead atoms. The number of carboxylic acids is 1. The molecule has 0 saturated heterocycles. The predicted molar refractivity (Wildman–Crippen MR) is 68.2 cm³/mol. The number of aliphatic carboxylic acids is 1. The Balaban J connectivity index is 2.22. The average Bonchev–Trinajstić information content (AvgIpc) is 2.24. The molecule has 4 nitrogen and oxygen atoms in total. The third-order valence-corrected chi connectivity index (χ3v) is 3.37. The van der Waals surface area contributed by atoms with Gasteiger partial charge in [0.2, 0.25) is 0 Å². The van der Waals surface area contributed by atoms with Crippen molar-refractivity contribution in [1.82, 2.24) is 0 Å². The van der Waals surface area contributed by atoms with Crippen LogP contribution in [0.15, 0.2) is 0 Å². The van der Waals surface area contributed by atoms with Gasteiger partial charge in [-0.15, -0.1) is 0 Å². The molecule has 0 heterocycles. The Morgan fingerprint density at radius 2 is 1.72 bits per heavy atom.